The molecule has 0 aliphatic carbocycles. The molecule has 0 unspecified atom stereocenters. The zero-order valence-corrected chi connectivity index (χ0v) is 17.2. The molecule has 2 amide bonds. The maximum absolute atomic E-state index is 13.1. The van der Waals surface area contributed by atoms with Crippen molar-refractivity contribution in [1.29, 1.82) is 0 Å². The molecule has 0 fully saturated rings. The Morgan fingerprint density at radius 2 is 1.71 bits per heavy atom. The van der Waals surface area contributed by atoms with E-state index in [1.54, 1.807) is 19.2 Å². The summed E-state index contributed by atoms with van der Waals surface area (Å²) in [6, 6.07) is 11.1. The van der Waals surface area contributed by atoms with E-state index < -0.39 is 0 Å². The van der Waals surface area contributed by atoms with Crippen LogP contribution in [-0.4, -0.2) is 37.0 Å². The van der Waals surface area contributed by atoms with E-state index in [1.165, 1.54) is 4.90 Å². The summed E-state index contributed by atoms with van der Waals surface area (Å²) in [4.78, 5) is 27.4. The topological polar surface area (TPSA) is 58.6 Å². The van der Waals surface area contributed by atoms with Gasteiger partial charge in [-0.25, -0.2) is 0 Å². The van der Waals surface area contributed by atoms with Crippen LogP contribution >= 0.6 is 11.6 Å². The molecular weight excluding hydrogens is 376 g/mol. The van der Waals surface area contributed by atoms with Crippen molar-refractivity contribution in [3.8, 4) is 0 Å². The Morgan fingerprint density at radius 1 is 0.964 bits per heavy atom. The average Bonchev–Trinajstić information content (AvgIpc) is 2.88. The Balaban J connectivity index is 2.09. The molecule has 0 spiro atoms. The van der Waals surface area contributed by atoms with Crippen LogP contribution in [0, 0.1) is 20.8 Å². The number of hydrogen-bond donors (Lipinski definition) is 1. The molecule has 0 atom stereocenters. The fourth-order valence-corrected chi connectivity index (χ4v) is 3.37. The molecule has 2 aromatic rings. The third-order valence-corrected chi connectivity index (χ3v) is 5.17. The van der Waals surface area contributed by atoms with Gasteiger partial charge >= 0.3 is 0 Å². The molecule has 2 aromatic carbocycles. The molecule has 6 heteroatoms. The van der Waals surface area contributed by atoms with E-state index in [1.807, 2.05) is 45.0 Å². The molecule has 0 radical (unpaired) electrons. The molecule has 1 heterocycles. The van der Waals surface area contributed by atoms with Gasteiger partial charge in [0.15, 0.2) is 0 Å². The number of rotatable bonds is 6. The molecule has 1 aliphatic heterocycles. The molecule has 28 heavy (non-hydrogen) atoms. The van der Waals surface area contributed by atoms with E-state index in [0.29, 0.717) is 10.6 Å². The minimum absolute atomic E-state index is 0.202. The molecule has 0 saturated heterocycles. The summed E-state index contributed by atoms with van der Waals surface area (Å²) >= 11 is 6.04. The zero-order valence-electron chi connectivity index (χ0n) is 16.4. The number of anilines is 1. The second-order valence-electron chi connectivity index (χ2n) is 6.89. The summed E-state index contributed by atoms with van der Waals surface area (Å²) in [5.41, 5.74) is 5.16. The monoisotopic (exact) mass is 398 g/mol. The van der Waals surface area contributed by atoms with E-state index in [0.717, 1.165) is 27.9 Å². The number of ether oxygens (including phenoxy) is 1. The molecule has 0 aromatic heterocycles. The largest absolute Gasteiger partial charge is 0.383 e. The van der Waals surface area contributed by atoms with Crippen LogP contribution in [0.15, 0.2) is 42.1 Å². The summed E-state index contributed by atoms with van der Waals surface area (Å²) in [5.74, 6) is -0.677. The first-order valence-electron chi connectivity index (χ1n) is 9.03. The van der Waals surface area contributed by atoms with Gasteiger partial charge in [0.2, 0.25) is 0 Å². The number of methoxy groups -OCH3 is 1. The van der Waals surface area contributed by atoms with Crippen LogP contribution in [0.2, 0.25) is 5.02 Å². The third-order valence-electron chi connectivity index (χ3n) is 4.93. The van der Waals surface area contributed by atoms with Gasteiger partial charge in [-0.1, -0.05) is 29.8 Å². The Kier molecular flexibility index (Phi) is 5.87. The van der Waals surface area contributed by atoms with Gasteiger partial charge < -0.3 is 10.1 Å². The molecule has 1 N–H and O–H groups in total. The van der Waals surface area contributed by atoms with Crippen LogP contribution in [0.25, 0.3) is 5.57 Å². The van der Waals surface area contributed by atoms with Crippen LogP contribution in [0.3, 0.4) is 0 Å². The first-order chi connectivity index (χ1) is 13.3. The Labute approximate surface area is 169 Å². The average molecular weight is 399 g/mol. The van der Waals surface area contributed by atoms with E-state index in [4.69, 9.17) is 16.3 Å². The summed E-state index contributed by atoms with van der Waals surface area (Å²) < 4.78 is 5.06. The summed E-state index contributed by atoms with van der Waals surface area (Å²) in [6.07, 6.45) is 0. The van der Waals surface area contributed by atoms with Gasteiger partial charge in [-0.2, -0.15) is 0 Å². The van der Waals surface area contributed by atoms with Crippen molar-refractivity contribution in [2.75, 3.05) is 25.6 Å². The lowest BCUT2D eigenvalue weighted by molar-refractivity contribution is -0.137. The van der Waals surface area contributed by atoms with E-state index in [-0.39, 0.29) is 30.7 Å². The molecular formula is C22H23ClN2O3. The highest BCUT2D eigenvalue weighted by molar-refractivity contribution is 6.36. The van der Waals surface area contributed by atoms with Crippen molar-refractivity contribution in [3.05, 3.63) is 69.4 Å². The van der Waals surface area contributed by atoms with Crippen molar-refractivity contribution in [2.24, 2.45) is 0 Å². The van der Waals surface area contributed by atoms with Crippen molar-refractivity contribution in [2.45, 2.75) is 20.8 Å². The number of amides is 2. The number of hydrogen-bond acceptors (Lipinski definition) is 4. The van der Waals surface area contributed by atoms with Crippen LogP contribution in [-0.2, 0) is 14.3 Å². The molecule has 5 nitrogen and oxygen atoms in total. The van der Waals surface area contributed by atoms with Crippen molar-refractivity contribution < 1.29 is 14.3 Å². The number of benzene rings is 2. The molecule has 0 saturated carbocycles. The van der Waals surface area contributed by atoms with Crippen LogP contribution in [0.4, 0.5) is 5.69 Å². The SMILES string of the molecule is COCCN1C(=O)C(Nc2ccc(Cl)cc2C)=C(c2ccc(C)c(C)c2)C1=O. The number of nitrogens with zero attached hydrogens (tertiary/aromatic N) is 1. The second kappa shape index (κ2) is 8.17. The second-order valence-corrected chi connectivity index (χ2v) is 7.32. The highest BCUT2D eigenvalue weighted by atomic mass is 35.5. The van der Waals surface area contributed by atoms with Crippen molar-refractivity contribution in [3.63, 3.8) is 0 Å². The fourth-order valence-electron chi connectivity index (χ4n) is 3.14. The normalized spacial score (nSPS) is 14.2. The van der Waals surface area contributed by atoms with Gasteiger partial charge in [0.1, 0.15) is 5.70 Å². The highest BCUT2D eigenvalue weighted by Gasteiger charge is 2.39. The summed E-state index contributed by atoms with van der Waals surface area (Å²) in [7, 11) is 1.54. The molecule has 0 bridgehead atoms. The number of carbonyl (C=O) groups is 2. The highest BCUT2D eigenvalue weighted by Crippen LogP contribution is 2.32. The smallest absolute Gasteiger partial charge is 0.278 e. The van der Waals surface area contributed by atoms with E-state index >= 15 is 0 Å². The predicted molar refractivity (Wildman–Crippen MR) is 111 cm³/mol. The lowest BCUT2D eigenvalue weighted by Crippen LogP contribution is -2.35. The van der Waals surface area contributed by atoms with Crippen LogP contribution in [0.5, 0.6) is 0 Å². The Bertz CT molecular complexity index is 982. The molecule has 146 valence electrons. The van der Waals surface area contributed by atoms with Crippen LogP contribution < -0.4 is 5.32 Å². The first-order valence-corrected chi connectivity index (χ1v) is 9.41. The van der Waals surface area contributed by atoms with E-state index in [9.17, 15) is 9.59 Å². The van der Waals surface area contributed by atoms with Gasteiger partial charge in [0, 0.05) is 17.8 Å². The number of carbonyl (C=O) groups excluding carboxylic acids is 2. The van der Waals surface area contributed by atoms with Gasteiger partial charge in [-0.05, 0) is 61.2 Å². The first kappa shape index (κ1) is 20.1. The zero-order chi connectivity index (χ0) is 20.4. The fraction of sp³-hybridized carbons (Fsp3) is 0.273. The van der Waals surface area contributed by atoms with Crippen molar-refractivity contribution in [1.82, 2.24) is 4.90 Å². The summed E-state index contributed by atoms with van der Waals surface area (Å²) in [6.45, 7) is 6.38. The number of halogens is 1. The molecule has 1 aliphatic rings. The summed E-state index contributed by atoms with van der Waals surface area (Å²) in [5, 5.41) is 3.79. The Morgan fingerprint density at radius 3 is 2.36 bits per heavy atom. The standard InChI is InChI=1S/C22H23ClN2O3/c1-13-5-6-16(11-14(13)2)19-20(22(27)25(21(19)26)9-10-28-4)24-18-8-7-17(23)12-15(18)3/h5-8,11-12,24H,9-10H2,1-4H3. The van der Waals surface area contributed by atoms with Gasteiger partial charge in [-0.15, -0.1) is 0 Å². The minimum atomic E-state index is -0.357. The van der Waals surface area contributed by atoms with E-state index in [2.05, 4.69) is 5.32 Å². The number of aryl methyl sites for hydroxylation is 3. The third kappa shape index (κ3) is 3.81. The lowest BCUT2D eigenvalue weighted by atomic mass is 9.99. The van der Waals surface area contributed by atoms with Gasteiger partial charge in [-0.3, -0.25) is 14.5 Å². The van der Waals surface area contributed by atoms with Crippen molar-refractivity contribution >= 4 is 34.7 Å². The minimum Gasteiger partial charge on any atom is -0.383 e. The quantitative estimate of drug-likeness (QED) is 0.744. The number of imide groups is 1. The van der Waals surface area contributed by atoms with Crippen LogP contribution in [0.1, 0.15) is 22.3 Å². The molecule has 3 rings (SSSR count). The lowest BCUT2D eigenvalue weighted by Gasteiger charge is -2.15. The Hall–Kier alpha value is -2.63. The maximum Gasteiger partial charge on any atom is 0.278 e. The van der Waals surface area contributed by atoms with Gasteiger partial charge in [0.25, 0.3) is 11.8 Å². The van der Waals surface area contributed by atoms with Gasteiger partial charge in [0.05, 0.1) is 18.7 Å². The number of nitrogens with one attached hydrogen (secondary N) is 1. The maximum atomic E-state index is 13.1. The predicted octanol–water partition coefficient (Wildman–Crippen LogP) is 4.10.